The van der Waals surface area contributed by atoms with E-state index >= 15 is 0 Å². The number of hydrogen-bond acceptors (Lipinski definition) is 9. The lowest BCUT2D eigenvalue weighted by molar-refractivity contribution is -0.135. The van der Waals surface area contributed by atoms with Crippen LogP contribution in [0.4, 0.5) is 0 Å². The van der Waals surface area contributed by atoms with E-state index in [0.717, 1.165) is 36.6 Å². The van der Waals surface area contributed by atoms with Crippen LogP contribution < -0.4 is 15.4 Å². The van der Waals surface area contributed by atoms with Crippen LogP contribution in [0, 0.1) is 0 Å². The van der Waals surface area contributed by atoms with E-state index in [9.17, 15) is 9.59 Å². The summed E-state index contributed by atoms with van der Waals surface area (Å²) in [6.45, 7) is 1.97. The van der Waals surface area contributed by atoms with E-state index in [1.807, 2.05) is 12.1 Å². The molecule has 3 rings (SSSR count). The molecule has 1 fully saturated rings. The summed E-state index contributed by atoms with van der Waals surface area (Å²) in [5.74, 6) is 0.326. The van der Waals surface area contributed by atoms with E-state index in [1.165, 1.54) is 12.7 Å². The first-order valence-corrected chi connectivity index (χ1v) is 9.40. The molecule has 0 saturated carbocycles. The highest BCUT2D eigenvalue weighted by atomic mass is 32.2. The van der Waals surface area contributed by atoms with E-state index in [-0.39, 0.29) is 10.8 Å². The van der Waals surface area contributed by atoms with Gasteiger partial charge in [0.2, 0.25) is 5.96 Å². The second-order valence-corrected chi connectivity index (χ2v) is 6.99. The van der Waals surface area contributed by atoms with Crippen LogP contribution in [0.5, 0.6) is 5.75 Å². The number of carbonyl (C=O) groups excluding carboxylic acids is 2. The maximum absolute atomic E-state index is 11.8. The van der Waals surface area contributed by atoms with Gasteiger partial charge in [-0.15, -0.1) is 0 Å². The van der Waals surface area contributed by atoms with Gasteiger partial charge in [-0.1, -0.05) is 12.1 Å². The summed E-state index contributed by atoms with van der Waals surface area (Å²) in [5.41, 5.74) is 1.23. The van der Waals surface area contributed by atoms with Crippen molar-refractivity contribution in [3.63, 3.8) is 0 Å². The fraction of sp³-hybridized carbons (Fsp3) is 0.333. The van der Waals surface area contributed by atoms with Gasteiger partial charge in [0.25, 0.3) is 5.91 Å². The maximum Gasteiger partial charge on any atom is 0.331 e. The van der Waals surface area contributed by atoms with E-state index < -0.39 is 5.97 Å². The SMILES string of the molecule is COC(=O)C=C1SC(=NC2=NCN(CCc3ccc(OC)cc3)CN2)NC1=O. The number of nitrogens with one attached hydrogen (secondary N) is 2. The number of esters is 1. The number of nitrogens with zero attached hydrogens (tertiary/aromatic N) is 3. The standard InChI is InChI=1S/C18H21N5O4S/c1-26-13-5-3-12(4-6-13)7-8-23-10-19-17(20-11-23)22-18-21-16(25)14(28-18)9-15(24)27-2/h3-6,9H,7-8,10-11H2,1-2H3,(H2,19,20,21,22,25). The Balaban J connectivity index is 1.51. The third-order valence-corrected chi connectivity index (χ3v) is 4.98. The average molecular weight is 403 g/mol. The van der Waals surface area contributed by atoms with Crippen LogP contribution in [0.3, 0.4) is 0 Å². The van der Waals surface area contributed by atoms with Crippen LogP contribution in [0.1, 0.15) is 5.56 Å². The number of methoxy groups -OCH3 is 2. The number of amidine groups is 1. The molecular formula is C18H21N5O4S. The van der Waals surface area contributed by atoms with Crippen LogP contribution in [0.25, 0.3) is 0 Å². The van der Waals surface area contributed by atoms with E-state index in [1.54, 1.807) is 7.11 Å². The van der Waals surface area contributed by atoms with Crippen LogP contribution in [0.15, 0.2) is 45.2 Å². The van der Waals surface area contributed by atoms with Crippen molar-refractivity contribution >= 4 is 34.8 Å². The largest absolute Gasteiger partial charge is 0.497 e. The fourth-order valence-corrected chi connectivity index (χ4v) is 3.29. The first-order chi connectivity index (χ1) is 13.6. The number of amides is 1. The molecule has 2 heterocycles. The Morgan fingerprint density at radius 3 is 2.79 bits per heavy atom. The van der Waals surface area contributed by atoms with Crippen molar-refractivity contribution in [2.45, 2.75) is 6.42 Å². The van der Waals surface area contributed by atoms with Crippen molar-refractivity contribution in [2.75, 3.05) is 34.1 Å². The van der Waals surface area contributed by atoms with Gasteiger partial charge in [0.1, 0.15) is 5.75 Å². The summed E-state index contributed by atoms with van der Waals surface area (Å²) < 4.78 is 9.69. The Kier molecular flexibility index (Phi) is 6.66. The van der Waals surface area contributed by atoms with Gasteiger partial charge < -0.3 is 20.1 Å². The number of hydrogen-bond donors (Lipinski definition) is 2. The molecular weight excluding hydrogens is 382 g/mol. The summed E-state index contributed by atoms with van der Waals surface area (Å²) in [6.07, 6.45) is 2.04. The zero-order valence-corrected chi connectivity index (χ0v) is 16.4. The highest BCUT2D eigenvalue weighted by Gasteiger charge is 2.25. The highest BCUT2D eigenvalue weighted by molar-refractivity contribution is 8.18. The minimum absolute atomic E-state index is 0.239. The Morgan fingerprint density at radius 1 is 1.36 bits per heavy atom. The zero-order chi connectivity index (χ0) is 19.9. The highest BCUT2D eigenvalue weighted by Crippen LogP contribution is 2.23. The lowest BCUT2D eigenvalue weighted by atomic mass is 10.1. The van der Waals surface area contributed by atoms with Gasteiger partial charge in [-0.3, -0.25) is 9.69 Å². The van der Waals surface area contributed by atoms with Gasteiger partial charge in [0, 0.05) is 12.6 Å². The first kappa shape index (κ1) is 19.9. The van der Waals surface area contributed by atoms with Crippen LogP contribution in [0.2, 0.25) is 0 Å². The third kappa shape index (κ3) is 5.33. The van der Waals surface area contributed by atoms with Crippen molar-refractivity contribution in [1.82, 2.24) is 15.5 Å². The zero-order valence-electron chi connectivity index (χ0n) is 15.6. The van der Waals surface area contributed by atoms with Gasteiger partial charge in [0.15, 0.2) is 5.17 Å². The quantitative estimate of drug-likeness (QED) is 0.551. The van der Waals surface area contributed by atoms with Crippen LogP contribution in [-0.4, -0.2) is 62.0 Å². The number of aliphatic imine (C=N–C) groups is 2. The van der Waals surface area contributed by atoms with Gasteiger partial charge in [0.05, 0.1) is 32.5 Å². The molecule has 0 spiro atoms. The first-order valence-electron chi connectivity index (χ1n) is 8.58. The van der Waals surface area contributed by atoms with E-state index in [4.69, 9.17) is 4.74 Å². The van der Waals surface area contributed by atoms with Crippen molar-refractivity contribution < 1.29 is 19.1 Å². The monoisotopic (exact) mass is 403 g/mol. The molecule has 9 nitrogen and oxygen atoms in total. The Morgan fingerprint density at radius 2 is 2.14 bits per heavy atom. The maximum atomic E-state index is 11.8. The molecule has 0 aliphatic carbocycles. The van der Waals surface area contributed by atoms with Gasteiger partial charge in [-0.2, -0.15) is 4.99 Å². The predicted octanol–water partition coefficient (Wildman–Crippen LogP) is 0.690. The molecule has 2 N–H and O–H groups in total. The van der Waals surface area contributed by atoms with Gasteiger partial charge >= 0.3 is 5.97 Å². The molecule has 1 aromatic carbocycles. The van der Waals surface area contributed by atoms with Crippen molar-refractivity contribution in [3.05, 3.63) is 40.8 Å². The molecule has 2 aliphatic rings. The molecule has 10 heteroatoms. The van der Waals surface area contributed by atoms with Crippen molar-refractivity contribution in [3.8, 4) is 5.75 Å². The number of guanidine groups is 1. The topological polar surface area (TPSA) is 105 Å². The number of benzene rings is 1. The third-order valence-electron chi connectivity index (χ3n) is 4.07. The Bertz CT molecular complexity index is 835. The molecule has 0 bridgehead atoms. The molecule has 148 valence electrons. The molecule has 0 atom stereocenters. The van der Waals surface area contributed by atoms with Gasteiger partial charge in [-0.25, -0.2) is 9.79 Å². The molecule has 1 saturated heterocycles. The Hall–Kier alpha value is -2.85. The number of thioether (sulfide) groups is 1. The van der Waals surface area contributed by atoms with E-state index in [2.05, 4.69) is 42.4 Å². The summed E-state index contributed by atoms with van der Waals surface area (Å²) >= 11 is 1.07. The molecule has 2 aliphatic heterocycles. The van der Waals surface area contributed by atoms with Crippen LogP contribution >= 0.6 is 11.8 Å². The minimum atomic E-state index is -0.584. The molecule has 0 aromatic heterocycles. The van der Waals surface area contributed by atoms with E-state index in [0.29, 0.717) is 24.5 Å². The number of ether oxygens (including phenoxy) is 2. The van der Waals surface area contributed by atoms with Crippen LogP contribution in [-0.2, 0) is 20.7 Å². The lowest BCUT2D eigenvalue weighted by Gasteiger charge is -2.25. The Labute approximate surface area is 166 Å². The minimum Gasteiger partial charge on any atom is -0.497 e. The fourth-order valence-electron chi connectivity index (χ4n) is 2.50. The average Bonchev–Trinajstić information content (AvgIpc) is 3.06. The summed E-state index contributed by atoms with van der Waals surface area (Å²) in [6, 6.07) is 8.01. The second kappa shape index (κ2) is 9.38. The molecule has 1 aromatic rings. The van der Waals surface area contributed by atoms with Crippen molar-refractivity contribution in [1.29, 1.82) is 0 Å². The summed E-state index contributed by atoms with van der Waals surface area (Å²) in [4.78, 5) is 34.2. The van der Waals surface area contributed by atoms with Gasteiger partial charge in [-0.05, 0) is 35.9 Å². The smallest absolute Gasteiger partial charge is 0.331 e. The number of carbonyl (C=O) groups is 2. The molecule has 28 heavy (non-hydrogen) atoms. The lowest BCUT2D eigenvalue weighted by Crippen LogP contribution is -2.43. The summed E-state index contributed by atoms with van der Waals surface area (Å²) in [7, 11) is 2.91. The predicted molar refractivity (Wildman–Crippen MR) is 107 cm³/mol. The number of rotatable bonds is 5. The molecule has 0 unspecified atom stereocenters. The van der Waals surface area contributed by atoms with Crippen molar-refractivity contribution in [2.24, 2.45) is 9.98 Å². The summed E-state index contributed by atoms with van der Waals surface area (Å²) in [5, 5.41) is 6.10. The normalized spacial score (nSPS) is 19.9. The molecule has 1 amide bonds. The molecule has 0 radical (unpaired) electrons. The second-order valence-electron chi connectivity index (χ2n) is 5.96.